The lowest BCUT2D eigenvalue weighted by Gasteiger charge is -2.22. The molecule has 0 aromatic carbocycles. The van der Waals surface area contributed by atoms with Crippen molar-refractivity contribution in [1.82, 2.24) is 15.3 Å². The van der Waals surface area contributed by atoms with Crippen molar-refractivity contribution in [3.05, 3.63) is 47.9 Å². The Balaban J connectivity index is 1.56. The molecular weight excluding hydrogens is 324 g/mol. The largest absolute Gasteiger partial charge is 0.384 e. The van der Waals surface area contributed by atoms with E-state index in [1.165, 1.54) is 5.57 Å². The van der Waals surface area contributed by atoms with E-state index in [0.29, 0.717) is 11.9 Å². The molecule has 1 fully saturated rings. The quantitative estimate of drug-likeness (QED) is 0.856. The van der Waals surface area contributed by atoms with Gasteiger partial charge in [-0.05, 0) is 37.8 Å². The van der Waals surface area contributed by atoms with Crippen LogP contribution in [0.3, 0.4) is 0 Å². The zero-order valence-corrected chi connectivity index (χ0v) is 15.2. The molecule has 0 spiro atoms. The van der Waals surface area contributed by atoms with Crippen molar-refractivity contribution in [3.8, 4) is 0 Å². The Morgan fingerprint density at radius 2 is 2.12 bits per heavy atom. The van der Waals surface area contributed by atoms with Crippen molar-refractivity contribution >= 4 is 28.2 Å². The summed E-state index contributed by atoms with van der Waals surface area (Å²) in [5.41, 5.74) is 4.34. The van der Waals surface area contributed by atoms with E-state index < -0.39 is 0 Å². The van der Waals surface area contributed by atoms with Crippen LogP contribution in [0.4, 0.5) is 5.82 Å². The molecule has 1 aliphatic carbocycles. The van der Waals surface area contributed by atoms with Crippen LogP contribution in [0.1, 0.15) is 45.1 Å². The van der Waals surface area contributed by atoms with Gasteiger partial charge >= 0.3 is 0 Å². The Bertz CT molecular complexity index is 911. The smallest absolute Gasteiger partial charge is 0.228 e. The maximum Gasteiger partial charge on any atom is 0.228 e. The van der Waals surface area contributed by atoms with Crippen molar-refractivity contribution in [2.75, 3.05) is 5.32 Å². The summed E-state index contributed by atoms with van der Waals surface area (Å²) in [6, 6.07) is 4.36. The van der Waals surface area contributed by atoms with Crippen LogP contribution in [0.15, 0.2) is 42.4 Å². The van der Waals surface area contributed by atoms with Gasteiger partial charge < -0.3 is 10.6 Å². The number of aromatic nitrogens is 2. The van der Waals surface area contributed by atoms with Gasteiger partial charge in [0.1, 0.15) is 5.82 Å². The molecule has 26 heavy (non-hydrogen) atoms. The van der Waals surface area contributed by atoms with Crippen molar-refractivity contribution in [1.29, 1.82) is 0 Å². The predicted molar refractivity (Wildman–Crippen MR) is 104 cm³/mol. The van der Waals surface area contributed by atoms with Crippen LogP contribution in [-0.2, 0) is 4.79 Å². The van der Waals surface area contributed by atoms with Crippen LogP contribution in [-0.4, -0.2) is 21.9 Å². The number of nitrogens with zero attached hydrogens (tertiary/aromatic N) is 2. The van der Waals surface area contributed by atoms with Crippen molar-refractivity contribution in [2.45, 2.75) is 45.6 Å². The Labute approximate surface area is 153 Å². The van der Waals surface area contributed by atoms with Crippen LogP contribution in [0.2, 0.25) is 0 Å². The zero-order chi connectivity index (χ0) is 18.1. The van der Waals surface area contributed by atoms with Gasteiger partial charge in [-0.3, -0.25) is 9.78 Å². The number of dihydropyridines is 1. The van der Waals surface area contributed by atoms with E-state index in [4.69, 9.17) is 0 Å². The summed E-state index contributed by atoms with van der Waals surface area (Å²) in [5, 5.41) is 7.31. The molecule has 0 bridgehead atoms. The summed E-state index contributed by atoms with van der Waals surface area (Å²) in [6.07, 6.45) is 12.3. The van der Waals surface area contributed by atoms with Gasteiger partial charge in [0.25, 0.3) is 0 Å². The van der Waals surface area contributed by atoms with Gasteiger partial charge in [-0.25, -0.2) is 4.98 Å². The second kappa shape index (κ2) is 6.90. The minimum absolute atomic E-state index is 0.0642. The van der Waals surface area contributed by atoms with Crippen molar-refractivity contribution < 1.29 is 4.79 Å². The number of allylic oxidation sites excluding steroid dienone is 2. The molecule has 2 aromatic rings. The van der Waals surface area contributed by atoms with Crippen molar-refractivity contribution in [3.63, 3.8) is 0 Å². The van der Waals surface area contributed by atoms with E-state index in [0.717, 1.165) is 47.7 Å². The molecule has 1 atom stereocenters. The van der Waals surface area contributed by atoms with E-state index in [9.17, 15) is 4.79 Å². The first-order valence-electron chi connectivity index (χ1n) is 9.36. The van der Waals surface area contributed by atoms with E-state index in [1.54, 1.807) is 6.20 Å². The van der Waals surface area contributed by atoms with E-state index in [2.05, 4.69) is 52.8 Å². The Morgan fingerprint density at radius 1 is 1.27 bits per heavy atom. The number of amides is 1. The van der Waals surface area contributed by atoms with Gasteiger partial charge in [0, 0.05) is 53.1 Å². The third-order valence-corrected chi connectivity index (χ3v) is 4.99. The first kappa shape index (κ1) is 16.8. The molecule has 0 radical (unpaired) electrons. The molecule has 1 unspecified atom stereocenters. The van der Waals surface area contributed by atoms with Gasteiger partial charge in [-0.15, -0.1) is 0 Å². The number of carbonyl (C=O) groups excluding carboxylic acids is 1. The molecule has 5 nitrogen and oxygen atoms in total. The Morgan fingerprint density at radius 3 is 2.85 bits per heavy atom. The lowest BCUT2D eigenvalue weighted by atomic mass is 9.95. The number of nitrogens with one attached hydrogen (secondary N) is 2. The number of rotatable bonds is 5. The second-order valence-electron chi connectivity index (χ2n) is 7.22. The molecule has 1 amide bonds. The molecule has 4 rings (SSSR count). The average Bonchev–Trinajstić information content (AvgIpc) is 3.47. The highest BCUT2D eigenvalue weighted by Gasteiger charge is 2.29. The normalized spacial score (nSPS) is 19.5. The minimum Gasteiger partial charge on any atom is -0.384 e. The molecule has 1 saturated carbocycles. The van der Waals surface area contributed by atoms with E-state index in [1.807, 2.05) is 12.3 Å². The van der Waals surface area contributed by atoms with Gasteiger partial charge in [-0.2, -0.15) is 0 Å². The molecule has 134 valence electrons. The number of carbonyl (C=O) groups is 1. The van der Waals surface area contributed by atoms with E-state index in [-0.39, 0.29) is 11.8 Å². The standard InChI is InChI=1S/C21H24N4O/c1-3-4-17-7-13(2)18(12-22-17)15-8-16-11-24-20(9-19(16)23-10-15)25-21(26)14-5-6-14/h7-12,14,17,22H,3-6H2,1-2H3,(H,24,25,26). The van der Waals surface area contributed by atoms with Crippen LogP contribution >= 0.6 is 0 Å². The lowest BCUT2D eigenvalue weighted by molar-refractivity contribution is -0.117. The first-order valence-corrected chi connectivity index (χ1v) is 9.36. The van der Waals surface area contributed by atoms with Crippen LogP contribution in [0, 0.1) is 5.92 Å². The number of pyridine rings is 2. The molecule has 0 saturated heterocycles. The number of fused-ring (bicyclic) bond motifs is 1. The van der Waals surface area contributed by atoms with Crippen molar-refractivity contribution in [2.24, 2.45) is 5.92 Å². The molecule has 1 aliphatic heterocycles. The molecule has 2 N–H and O–H groups in total. The highest BCUT2D eigenvalue weighted by Crippen LogP contribution is 2.31. The number of hydrogen-bond acceptors (Lipinski definition) is 4. The van der Waals surface area contributed by atoms with Gasteiger partial charge in [0.05, 0.1) is 5.52 Å². The number of hydrogen-bond donors (Lipinski definition) is 2. The average molecular weight is 348 g/mol. The fourth-order valence-electron chi connectivity index (χ4n) is 3.34. The predicted octanol–water partition coefficient (Wildman–Crippen LogP) is 4.04. The third kappa shape index (κ3) is 3.47. The number of anilines is 1. The van der Waals surface area contributed by atoms with Gasteiger partial charge in [0.15, 0.2) is 0 Å². The minimum atomic E-state index is 0.0642. The summed E-state index contributed by atoms with van der Waals surface area (Å²) in [4.78, 5) is 20.9. The summed E-state index contributed by atoms with van der Waals surface area (Å²) in [6.45, 7) is 4.35. The highest BCUT2D eigenvalue weighted by molar-refractivity contribution is 5.95. The Hall–Kier alpha value is -2.69. The van der Waals surface area contributed by atoms with Crippen LogP contribution in [0.5, 0.6) is 0 Å². The summed E-state index contributed by atoms with van der Waals surface area (Å²) in [5.74, 6) is 0.806. The molecule has 2 aliphatic rings. The SMILES string of the molecule is CCCC1C=C(C)C(c2cnc3cc(NC(=O)C4CC4)ncc3c2)=CN1. The van der Waals surface area contributed by atoms with Crippen LogP contribution < -0.4 is 10.6 Å². The molecule has 5 heteroatoms. The third-order valence-electron chi connectivity index (χ3n) is 4.99. The highest BCUT2D eigenvalue weighted by atomic mass is 16.2. The topological polar surface area (TPSA) is 66.9 Å². The second-order valence-corrected chi connectivity index (χ2v) is 7.22. The molecule has 2 aromatic heterocycles. The monoisotopic (exact) mass is 348 g/mol. The Kier molecular flexibility index (Phi) is 4.45. The lowest BCUT2D eigenvalue weighted by Crippen LogP contribution is -2.25. The maximum absolute atomic E-state index is 11.9. The molecule has 3 heterocycles. The summed E-state index contributed by atoms with van der Waals surface area (Å²) < 4.78 is 0. The van der Waals surface area contributed by atoms with Crippen LogP contribution in [0.25, 0.3) is 16.5 Å². The van der Waals surface area contributed by atoms with Gasteiger partial charge in [0.2, 0.25) is 5.91 Å². The van der Waals surface area contributed by atoms with Gasteiger partial charge in [-0.1, -0.05) is 19.4 Å². The fraction of sp³-hybridized carbons (Fsp3) is 0.381. The fourth-order valence-corrected chi connectivity index (χ4v) is 3.34. The first-order chi connectivity index (χ1) is 12.6. The molecular formula is C21H24N4O. The summed E-state index contributed by atoms with van der Waals surface area (Å²) in [7, 11) is 0. The summed E-state index contributed by atoms with van der Waals surface area (Å²) >= 11 is 0. The van der Waals surface area contributed by atoms with E-state index >= 15 is 0 Å². The zero-order valence-electron chi connectivity index (χ0n) is 15.2. The maximum atomic E-state index is 11.9.